The normalized spacial score (nSPS) is 11.2. The Hall–Kier alpha value is -2.48. The third-order valence-electron chi connectivity index (χ3n) is 2.59. The molecule has 0 saturated carbocycles. The van der Waals surface area contributed by atoms with Gasteiger partial charge in [0.25, 0.3) is 0 Å². The van der Waals surface area contributed by atoms with E-state index in [0.717, 1.165) is 10.0 Å². The Morgan fingerprint density at radius 2 is 2.10 bits per heavy atom. The molecule has 3 rings (SSSR count). The summed E-state index contributed by atoms with van der Waals surface area (Å²) in [5, 5.41) is 11.2. The van der Waals surface area contributed by atoms with Crippen molar-refractivity contribution in [2.45, 2.75) is 0 Å². The third kappa shape index (κ3) is 2.59. The smallest absolute Gasteiger partial charge is 0.290 e. The predicted molar refractivity (Wildman–Crippen MR) is 79.9 cm³/mol. The van der Waals surface area contributed by atoms with Crippen molar-refractivity contribution in [3.8, 4) is 0 Å². The number of benzene rings is 1. The van der Waals surface area contributed by atoms with E-state index in [1.807, 2.05) is 24.3 Å². The summed E-state index contributed by atoms with van der Waals surface area (Å²) in [7, 11) is 0. The number of hydrogen-bond donors (Lipinski definition) is 3. The van der Waals surface area contributed by atoms with Crippen molar-refractivity contribution in [3.63, 3.8) is 0 Å². The van der Waals surface area contributed by atoms with E-state index in [1.54, 1.807) is 12.4 Å². The molecule has 0 radical (unpaired) electrons. The van der Waals surface area contributed by atoms with Crippen molar-refractivity contribution < 1.29 is 0 Å². The largest absolute Gasteiger partial charge is 0.348 e. The molecule has 0 aliphatic rings. The molecule has 3 N–H and O–H groups in total. The Kier molecular flexibility index (Phi) is 3.30. The van der Waals surface area contributed by atoms with Gasteiger partial charge in [-0.2, -0.15) is 15.2 Å². The van der Waals surface area contributed by atoms with Gasteiger partial charge in [0.1, 0.15) is 5.82 Å². The maximum Gasteiger partial charge on any atom is 0.348 e. The highest BCUT2D eigenvalue weighted by atomic mass is 79.9. The molecule has 0 amide bonds. The maximum atomic E-state index is 11.4. The zero-order valence-electron chi connectivity index (χ0n) is 10.1. The van der Waals surface area contributed by atoms with Gasteiger partial charge in [0.05, 0.1) is 17.8 Å². The van der Waals surface area contributed by atoms with Crippen LogP contribution in [0.2, 0.25) is 0 Å². The van der Waals surface area contributed by atoms with Crippen LogP contribution in [0.25, 0.3) is 11.0 Å². The molecule has 0 spiro atoms. The summed E-state index contributed by atoms with van der Waals surface area (Å²) in [6.07, 6.45) is 3.22. The number of aromatic nitrogens is 4. The first-order valence-electron chi connectivity index (χ1n) is 5.70. The van der Waals surface area contributed by atoms with Gasteiger partial charge in [-0.3, -0.25) is 15.5 Å². The summed E-state index contributed by atoms with van der Waals surface area (Å²) < 4.78 is 1.00. The second kappa shape index (κ2) is 5.25. The third-order valence-corrected chi connectivity index (χ3v) is 3.12. The molecule has 0 saturated heterocycles. The van der Waals surface area contributed by atoms with E-state index in [9.17, 15) is 4.79 Å². The summed E-state index contributed by atoms with van der Waals surface area (Å²) in [6, 6.07) is 7.67. The first kappa shape index (κ1) is 12.5. The Bertz CT molecular complexity index is 820. The lowest BCUT2D eigenvalue weighted by Crippen LogP contribution is -2.12. The van der Waals surface area contributed by atoms with Gasteiger partial charge in [-0.15, -0.1) is 0 Å². The lowest BCUT2D eigenvalue weighted by Gasteiger charge is -2.00. The molecular formula is C12H9BrN6O. The van der Waals surface area contributed by atoms with E-state index in [1.165, 1.54) is 0 Å². The average molecular weight is 333 g/mol. The quantitative estimate of drug-likeness (QED) is 0.503. The van der Waals surface area contributed by atoms with Crippen molar-refractivity contribution in [1.82, 2.24) is 20.2 Å². The molecule has 20 heavy (non-hydrogen) atoms. The van der Waals surface area contributed by atoms with Crippen molar-refractivity contribution in [1.29, 1.82) is 0 Å². The first-order valence-corrected chi connectivity index (χ1v) is 6.50. The van der Waals surface area contributed by atoms with Crippen LogP contribution in [-0.2, 0) is 0 Å². The SMILES string of the molecule is O=c1nc2[nH]ncc2c(N/N=C/c2ccc(Br)cc2)[nH]1. The maximum absolute atomic E-state index is 11.4. The van der Waals surface area contributed by atoms with Crippen molar-refractivity contribution in [2.24, 2.45) is 5.10 Å². The Balaban J connectivity index is 1.84. The second-order valence-corrected chi connectivity index (χ2v) is 4.89. The highest BCUT2D eigenvalue weighted by molar-refractivity contribution is 9.10. The number of fused-ring (bicyclic) bond motifs is 1. The Morgan fingerprint density at radius 1 is 1.30 bits per heavy atom. The van der Waals surface area contributed by atoms with Crippen LogP contribution in [0, 0.1) is 0 Å². The summed E-state index contributed by atoms with van der Waals surface area (Å²) in [6.45, 7) is 0. The molecule has 0 aliphatic carbocycles. The van der Waals surface area contributed by atoms with E-state index in [0.29, 0.717) is 16.9 Å². The molecule has 1 aromatic carbocycles. The van der Waals surface area contributed by atoms with Gasteiger partial charge in [0.2, 0.25) is 0 Å². The topological polar surface area (TPSA) is 98.8 Å². The molecule has 0 bridgehead atoms. The van der Waals surface area contributed by atoms with Gasteiger partial charge in [-0.1, -0.05) is 28.1 Å². The van der Waals surface area contributed by atoms with E-state index in [-0.39, 0.29) is 0 Å². The van der Waals surface area contributed by atoms with Gasteiger partial charge >= 0.3 is 5.69 Å². The fourth-order valence-electron chi connectivity index (χ4n) is 1.66. The molecular weight excluding hydrogens is 324 g/mol. The van der Waals surface area contributed by atoms with Crippen LogP contribution < -0.4 is 11.1 Å². The van der Waals surface area contributed by atoms with Crippen LogP contribution in [0.3, 0.4) is 0 Å². The predicted octanol–water partition coefficient (Wildman–Crippen LogP) is 1.85. The van der Waals surface area contributed by atoms with E-state index < -0.39 is 5.69 Å². The highest BCUT2D eigenvalue weighted by Crippen LogP contribution is 2.14. The van der Waals surface area contributed by atoms with Gasteiger partial charge < -0.3 is 0 Å². The van der Waals surface area contributed by atoms with Gasteiger partial charge in [0, 0.05) is 4.47 Å². The standard InChI is InChI=1S/C12H9BrN6O/c13-8-3-1-7(2-4-8)5-14-18-10-9-6-15-19-11(9)17-12(20)16-10/h1-6H,(H3,15,16,17,18,19,20)/b14-5+. The van der Waals surface area contributed by atoms with Gasteiger partial charge in [-0.25, -0.2) is 4.79 Å². The first-order chi connectivity index (χ1) is 9.72. The second-order valence-electron chi connectivity index (χ2n) is 3.97. The Labute approximate surface area is 121 Å². The minimum atomic E-state index is -0.469. The molecule has 0 aliphatic heterocycles. The molecule has 2 heterocycles. The molecule has 0 unspecified atom stereocenters. The van der Waals surface area contributed by atoms with Crippen LogP contribution in [0.1, 0.15) is 5.56 Å². The molecule has 0 atom stereocenters. The fraction of sp³-hybridized carbons (Fsp3) is 0. The summed E-state index contributed by atoms with van der Waals surface area (Å²) in [5.41, 5.74) is 3.65. The van der Waals surface area contributed by atoms with E-state index in [4.69, 9.17) is 0 Å². The summed E-state index contributed by atoms with van der Waals surface area (Å²) in [4.78, 5) is 17.7. The lowest BCUT2D eigenvalue weighted by atomic mass is 10.2. The van der Waals surface area contributed by atoms with E-state index >= 15 is 0 Å². The zero-order valence-corrected chi connectivity index (χ0v) is 11.7. The fourth-order valence-corrected chi connectivity index (χ4v) is 1.92. The average Bonchev–Trinajstić information content (AvgIpc) is 2.89. The molecule has 2 aromatic heterocycles. The number of aromatic amines is 2. The number of halogens is 1. The lowest BCUT2D eigenvalue weighted by molar-refractivity contribution is 1.06. The van der Waals surface area contributed by atoms with E-state index in [2.05, 4.69) is 46.6 Å². The number of hydrogen-bond acceptors (Lipinski definition) is 5. The number of rotatable bonds is 3. The number of hydrazone groups is 1. The minimum absolute atomic E-state index is 0.412. The number of H-pyrrole nitrogens is 2. The minimum Gasteiger partial charge on any atom is -0.290 e. The van der Waals surface area contributed by atoms with Gasteiger partial charge in [0.15, 0.2) is 5.65 Å². The van der Waals surface area contributed by atoms with Gasteiger partial charge in [-0.05, 0) is 17.7 Å². The van der Waals surface area contributed by atoms with Crippen molar-refractivity contribution in [2.75, 3.05) is 5.43 Å². The number of anilines is 1. The van der Waals surface area contributed by atoms with Crippen LogP contribution >= 0.6 is 15.9 Å². The van der Waals surface area contributed by atoms with Crippen molar-refractivity contribution in [3.05, 3.63) is 51.0 Å². The highest BCUT2D eigenvalue weighted by Gasteiger charge is 2.04. The molecule has 0 fully saturated rings. The summed E-state index contributed by atoms with van der Waals surface area (Å²) in [5.74, 6) is 0.446. The molecule has 7 nitrogen and oxygen atoms in total. The van der Waals surface area contributed by atoms with Crippen molar-refractivity contribution >= 4 is 39.0 Å². The molecule has 8 heteroatoms. The monoisotopic (exact) mass is 332 g/mol. The Morgan fingerprint density at radius 3 is 2.90 bits per heavy atom. The molecule has 100 valence electrons. The zero-order chi connectivity index (χ0) is 13.9. The molecule has 3 aromatic rings. The van der Waals surface area contributed by atoms with Crippen LogP contribution in [0.15, 0.2) is 44.8 Å². The van der Waals surface area contributed by atoms with Crippen LogP contribution in [-0.4, -0.2) is 26.4 Å². The van der Waals surface area contributed by atoms with Crippen LogP contribution in [0.4, 0.5) is 5.82 Å². The van der Waals surface area contributed by atoms with Crippen LogP contribution in [0.5, 0.6) is 0 Å². The number of nitrogens with one attached hydrogen (secondary N) is 3. The summed E-state index contributed by atoms with van der Waals surface area (Å²) >= 11 is 3.36. The number of nitrogens with zero attached hydrogens (tertiary/aromatic N) is 3.